The number of benzene rings is 3. The Kier molecular flexibility index (Phi) is 24.0. The second-order valence-corrected chi connectivity index (χ2v) is 14.5. The molecule has 0 atom stereocenters. The van der Waals surface area contributed by atoms with E-state index in [9.17, 15) is 9.59 Å². The Hall–Kier alpha value is -4.12. The van der Waals surface area contributed by atoms with Gasteiger partial charge in [-0.25, -0.2) is 4.79 Å². The molecule has 0 amide bonds. The second kappa shape index (κ2) is 29.3. The van der Waals surface area contributed by atoms with Crippen LogP contribution in [0.4, 0.5) is 0 Å². The van der Waals surface area contributed by atoms with Gasteiger partial charge in [0.15, 0.2) is 5.78 Å². The second-order valence-electron chi connectivity index (χ2n) is 14.5. The number of hydrogen-bond acceptors (Lipinski definition) is 5. The summed E-state index contributed by atoms with van der Waals surface area (Å²) >= 11 is 0. The highest BCUT2D eigenvalue weighted by molar-refractivity contribution is 6.06. The van der Waals surface area contributed by atoms with Gasteiger partial charge in [-0.3, -0.25) is 4.79 Å². The Balaban J connectivity index is 1.23. The molecule has 0 unspecified atom stereocenters. The number of carbonyl (C=O) groups excluding carboxylic acids is 2. The van der Waals surface area contributed by atoms with E-state index in [0.717, 1.165) is 48.7 Å². The number of allylic oxidation sites excluding steroid dienone is 1. The van der Waals surface area contributed by atoms with E-state index in [1.165, 1.54) is 128 Å². The van der Waals surface area contributed by atoms with Gasteiger partial charge in [0.25, 0.3) is 0 Å². The van der Waals surface area contributed by atoms with Gasteiger partial charge in [-0.05, 0) is 84.7 Å². The van der Waals surface area contributed by atoms with Gasteiger partial charge in [0, 0.05) is 11.6 Å². The molecule has 0 fully saturated rings. The van der Waals surface area contributed by atoms with E-state index in [1.54, 1.807) is 42.5 Å². The smallest absolute Gasteiger partial charge is 0.336 e. The van der Waals surface area contributed by atoms with E-state index in [0.29, 0.717) is 11.3 Å². The van der Waals surface area contributed by atoms with E-state index < -0.39 is 5.97 Å². The van der Waals surface area contributed by atoms with Gasteiger partial charge >= 0.3 is 5.97 Å². The summed E-state index contributed by atoms with van der Waals surface area (Å²) in [4.78, 5) is 25.1. The molecule has 5 nitrogen and oxygen atoms in total. The van der Waals surface area contributed by atoms with Crippen molar-refractivity contribution in [3.63, 3.8) is 0 Å². The van der Waals surface area contributed by atoms with Crippen LogP contribution in [0.1, 0.15) is 170 Å². The summed E-state index contributed by atoms with van der Waals surface area (Å²) < 4.78 is 17.2. The van der Waals surface area contributed by atoms with Crippen molar-refractivity contribution >= 4 is 23.9 Å². The number of rotatable bonds is 31. The highest BCUT2D eigenvalue weighted by Crippen LogP contribution is 2.19. The molecule has 0 spiro atoms. The van der Waals surface area contributed by atoms with Gasteiger partial charge in [-0.2, -0.15) is 0 Å². The van der Waals surface area contributed by atoms with Crippen molar-refractivity contribution in [3.05, 3.63) is 102 Å². The molecule has 3 aromatic rings. The Bertz CT molecular complexity index is 1450. The van der Waals surface area contributed by atoms with Crippen LogP contribution in [0.2, 0.25) is 0 Å². The van der Waals surface area contributed by atoms with Gasteiger partial charge in [-0.1, -0.05) is 166 Å². The number of unbranched alkanes of at least 4 members (excludes halogenated alkanes) is 19. The lowest BCUT2D eigenvalue weighted by molar-refractivity contribution is -0.128. The van der Waals surface area contributed by atoms with Crippen LogP contribution in [0.3, 0.4) is 0 Å². The fraction of sp³-hybridized carbons (Fsp3) is 0.510. The monoisotopic (exact) mass is 737 g/mol. The highest BCUT2D eigenvalue weighted by atomic mass is 16.5. The minimum Gasteiger partial charge on any atom is -0.494 e. The number of carbonyl (C=O) groups is 2. The van der Waals surface area contributed by atoms with E-state index >= 15 is 0 Å². The van der Waals surface area contributed by atoms with Crippen LogP contribution >= 0.6 is 0 Å². The summed E-state index contributed by atoms with van der Waals surface area (Å²) in [5.41, 5.74) is 2.32. The first-order valence-corrected chi connectivity index (χ1v) is 21.3. The Morgan fingerprint density at radius 1 is 0.426 bits per heavy atom. The molecule has 0 aliphatic carbocycles. The lowest BCUT2D eigenvalue weighted by atomic mass is 10.0. The van der Waals surface area contributed by atoms with Crippen LogP contribution in [0, 0.1) is 0 Å². The molecule has 0 aliphatic rings. The zero-order valence-corrected chi connectivity index (χ0v) is 33.5. The van der Waals surface area contributed by atoms with Gasteiger partial charge < -0.3 is 14.2 Å². The zero-order chi connectivity index (χ0) is 38.3. The first kappa shape index (κ1) is 44.3. The lowest BCUT2D eigenvalue weighted by Gasteiger charge is -2.07. The van der Waals surface area contributed by atoms with Crippen LogP contribution in [0.15, 0.2) is 84.9 Å². The van der Waals surface area contributed by atoms with Crippen molar-refractivity contribution in [3.8, 4) is 17.2 Å². The number of ether oxygens (including phenoxy) is 3. The minimum absolute atomic E-state index is 0.127. The summed E-state index contributed by atoms with van der Waals surface area (Å²) in [5.74, 6) is 1.45. The average Bonchev–Trinajstić information content (AvgIpc) is 3.20. The third-order valence-electron chi connectivity index (χ3n) is 9.74. The van der Waals surface area contributed by atoms with Crippen molar-refractivity contribution in [2.45, 2.75) is 149 Å². The van der Waals surface area contributed by atoms with E-state index in [1.807, 2.05) is 48.5 Å². The van der Waals surface area contributed by atoms with Gasteiger partial charge in [0.2, 0.25) is 0 Å². The maximum atomic E-state index is 12.7. The maximum Gasteiger partial charge on any atom is 0.336 e. The standard InChI is InChI=1S/C49H68O5/c1-3-5-7-9-10-11-12-13-14-15-16-17-18-19-21-23-41-53-46-34-26-43(27-35-46)29-39-49(51)54-47-36-30-44(31-37-47)48(50)38-28-42-24-32-45(33-25-42)52-40-22-20-8-6-4-2/h24-39H,3-23,40-41H2,1-2H3/b38-28+,39-29+. The molecule has 54 heavy (non-hydrogen) atoms. The predicted molar refractivity (Wildman–Crippen MR) is 227 cm³/mol. The molecule has 294 valence electrons. The molecular weight excluding hydrogens is 669 g/mol. The van der Waals surface area contributed by atoms with Crippen molar-refractivity contribution in [2.75, 3.05) is 13.2 Å². The number of hydrogen-bond donors (Lipinski definition) is 0. The van der Waals surface area contributed by atoms with Crippen molar-refractivity contribution < 1.29 is 23.8 Å². The van der Waals surface area contributed by atoms with Crippen molar-refractivity contribution in [1.82, 2.24) is 0 Å². The Morgan fingerprint density at radius 3 is 1.19 bits per heavy atom. The predicted octanol–water partition coefficient (Wildman–Crippen LogP) is 14.2. The highest BCUT2D eigenvalue weighted by Gasteiger charge is 2.06. The van der Waals surface area contributed by atoms with Crippen molar-refractivity contribution in [1.29, 1.82) is 0 Å². The molecule has 5 heteroatoms. The largest absolute Gasteiger partial charge is 0.494 e. The molecule has 0 heterocycles. The molecule has 0 aliphatic heterocycles. The van der Waals surface area contributed by atoms with Crippen molar-refractivity contribution in [2.24, 2.45) is 0 Å². The van der Waals surface area contributed by atoms with Crippen LogP contribution < -0.4 is 14.2 Å². The molecular formula is C49H68O5. The fourth-order valence-electron chi connectivity index (χ4n) is 6.36. The van der Waals surface area contributed by atoms with Gasteiger partial charge in [-0.15, -0.1) is 0 Å². The minimum atomic E-state index is -0.485. The fourth-order valence-corrected chi connectivity index (χ4v) is 6.36. The molecule has 0 saturated heterocycles. The third kappa shape index (κ3) is 20.9. The maximum absolute atomic E-state index is 12.7. The zero-order valence-electron chi connectivity index (χ0n) is 33.5. The molecule has 3 aromatic carbocycles. The molecule has 0 bridgehead atoms. The van der Waals surface area contributed by atoms with Crippen LogP contribution in [-0.4, -0.2) is 25.0 Å². The Labute approximate surface area is 327 Å². The first-order valence-electron chi connectivity index (χ1n) is 21.3. The van der Waals surface area contributed by atoms with Gasteiger partial charge in [0.05, 0.1) is 13.2 Å². The summed E-state index contributed by atoms with van der Waals surface area (Å²) in [5, 5.41) is 0. The molecule has 0 N–H and O–H groups in total. The number of ketones is 1. The molecule has 0 aromatic heterocycles. The SMILES string of the molecule is CCCCCCCCCCCCCCCCCCOc1ccc(/C=C/C(=O)Oc2ccc(C(=O)/C=C/c3ccc(OCCCCCCC)cc3)cc2)cc1. The Morgan fingerprint density at radius 2 is 0.778 bits per heavy atom. The average molecular weight is 737 g/mol. The van der Waals surface area contributed by atoms with Gasteiger partial charge in [0.1, 0.15) is 17.2 Å². The summed E-state index contributed by atoms with van der Waals surface area (Å²) in [7, 11) is 0. The first-order chi connectivity index (χ1) is 26.6. The number of esters is 1. The normalized spacial score (nSPS) is 11.4. The van der Waals surface area contributed by atoms with E-state index in [-0.39, 0.29) is 5.78 Å². The van der Waals surface area contributed by atoms with Crippen LogP contribution in [0.25, 0.3) is 12.2 Å². The lowest BCUT2D eigenvalue weighted by Crippen LogP contribution is -2.04. The summed E-state index contributed by atoms with van der Waals surface area (Å²) in [6.45, 7) is 5.95. The van der Waals surface area contributed by atoms with E-state index in [4.69, 9.17) is 14.2 Å². The summed E-state index contributed by atoms with van der Waals surface area (Å²) in [6.07, 6.45) is 34.2. The molecule has 3 rings (SSSR count). The topological polar surface area (TPSA) is 61.8 Å². The van der Waals surface area contributed by atoms with Crippen LogP contribution in [-0.2, 0) is 4.79 Å². The molecule has 0 saturated carbocycles. The molecule has 0 radical (unpaired) electrons. The van der Waals surface area contributed by atoms with Crippen LogP contribution in [0.5, 0.6) is 17.2 Å². The van der Waals surface area contributed by atoms with E-state index in [2.05, 4.69) is 13.8 Å². The third-order valence-corrected chi connectivity index (χ3v) is 9.74. The quantitative estimate of drug-likeness (QED) is 0.0216. The summed E-state index contributed by atoms with van der Waals surface area (Å²) in [6, 6.07) is 22.1.